The molecule has 0 saturated carbocycles. The Labute approximate surface area is 159 Å². The number of hydrogen-bond donors (Lipinski definition) is 0. The molecule has 3 heterocycles. The largest absolute Gasteiger partial charge is 0.353 e. The average molecular weight is 360 g/mol. The summed E-state index contributed by atoms with van der Waals surface area (Å²) in [4.78, 5) is 26.6. The van der Waals surface area contributed by atoms with Crippen LogP contribution in [0.25, 0.3) is 10.9 Å². The molecule has 0 aliphatic carbocycles. The van der Waals surface area contributed by atoms with Crippen LogP contribution in [0.1, 0.15) is 35.8 Å². The number of piperazine rings is 1. The second-order valence-corrected chi connectivity index (χ2v) is 7.23. The number of carbonyl (C=O) groups is 1. The Kier molecular flexibility index (Phi) is 4.75. The van der Waals surface area contributed by atoms with Crippen molar-refractivity contribution in [3.05, 3.63) is 66.0 Å². The molecule has 0 N–H and O–H groups in total. The second-order valence-electron chi connectivity index (χ2n) is 7.23. The van der Waals surface area contributed by atoms with E-state index in [4.69, 9.17) is 4.98 Å². The third-order valence-electron chi connectivity index (χ3n) is 5.10. The number of fused-ring (bicyclic) bond motifs is 1. The van der Waals surface area contributed by atoms with Crippen molar-refractivity contribution in [3.63, 3.8) is 0 Å². The highest BCUT2D eigenvalue weighted by Crippen LogP contribution is 2.24. The lowest BCUT2D eigenvalue weighted by Crippen LogP contribution is -2.49. The van der Waals surface area contributed by atoms with E-state index in [2.05, 4.69) is 23.7 Å². The van der Waals surface area contributed by atoms with Crippen molar-refractivity contribution in [2.24, 2.45) is 0 Å². The number of hydrogen-bond acceptors (Lipinski definition) is 4. The average Bonchev–Trinajstić information content (AvgIpc) is 2.73. The summed E-state index contributed by atoms with van der Waals surface area (Å²) < 4.78 is 0. The topological polar surface area (TPSA) is 49.3 Å². The molecule has 0 bridgehead atoms. The van der Waals surface area contributed by atoms with E-state index in [-0.39, 0.29) is 11.8 Å². The number of para-hydroxylation sites is 1. The van der Waals surface area contributed by atoms with Crippen LogP contribution in [0.2, 0.25) is 0 Å². The fourth-order valence-corrected chi connectivity index (χ4v) is 3.52. The molecule has 2 aromatic heterocycles. The molecular formula is C22H24N4O. The quantitative estimate of drug-likeness (QED) is 0.714. The van der Waals surface area contributed by atoms with Gasteiger partial charge >= 0.3 is 0 Å². The van der Waals surface area contributed by atoms with E-state index in [1.807, 2.05) is 59.6 Å². The number of nitrogens with zero attached hydrogens (tertiary/aromatic N) is 4. The summed E-state index contributed by atoms with van der Waals surface area (Å²) in [7, 11) is 0. The molecule has 0 radical (unpaired) electrons. The molecule has 5 nitrogen and oxygen atoms in total. The van der Waals surface area contributed by atoms with E-state index in [0.717, 1.165) is 41.1 Å². The molecule has 1 fully saturated rings. The predicted octanol–water partition coefficient (Wildman–Crippen LogP) is 3.72. The molecule has 3 aromatic rings. The molecule has 138 valence electrons. The molecule has 4 rings (SSSR count). The van der Waals surface area contributed by atoms with Crippen molar-refractivity contribution < 1.29 is 4.79 Å². The lowest BCUT2D eigenvalue weighted by Gasteiger charge is -2.35. The van der Waals surface area contributed by atoms with Crippen molar-refractivity contribution in [1.29, 1.82) is 0 Å². The Morgan fingerprint density at radius 1 is 1.00 bits per heavy atom. The second kappa shape index (κ2) is 7.35. The highest BCUT2D eigenvalue weighted by molar-refractivity contribution is 6.06. The van der Waals surface area contributed by atoms with Crippen LogP contribution in [0.5, 0.6) is 0 Å². The monoisotopic (exact) mass is 360 g/mol. The van der Waals surface area contributed by atoms with E-state index >= 15 is 0 Å². The van der Waals surface area contributed by atoms with Crippen LogP contribution >= 0.6 is 0 Å². The zero-order chi connectivity index (χ0) is 18.8. The molecule has 1 aliphatic rings. The molecule has 0 unspecified atom stereocenters. The van der Waals surface area contributed by atoms with Gasteiger partial charge in [0.05, 0.1) is 11.1 Å². The third-order valence-corrected chi connectivity index (χ3v) is 5.10. The van der Waals surface area contributed by atoms with Crippen molar-refractivity contribution in [3.8, 4) is 0 Å². The van der Waals surface area contributed by atoms with E-state index < -0.39 is 0 Å². The molecule has 1 amide bonds. The van der Waals surface area contributed by atoms with Crippen molar-refractivity contribution in [2.75, 3.05) is 31.1 Å². The molecule has 0 atom stereocenters. The van der Waals surface area contributed by atoms with Gasteiger partial charge in [-0.25, -0.2) is 4.98 Å². The zero-order valence-electron chi connectivity index (χ0n) is 15.8. The van der Waals surface area contributed by atoms with Gasteiger partial charge in [-0.1, -0.05) is 38.1 Å². The lowest BCUT2D eigenvalue weighted by atomic mass is 10.0. The number of aromatic nitrogens is 2. The Bertz CT molecular complexity index is 947. The number of anilines is 1. The number of rotatable bonds is 3. The van der Waals surface area contributed by atoms with Crippen LogP contribution in [-0.4, -0.2) is 47.0 Å². The van der Waals surface area contributed by atoms with Crippen LogP contribution < -0.4 is 4.90 Å². The Morgan fingerprint density at radius 2 is 1.74 bits per heavy atom. The van der Waals surface area contributed by atoms with Gasteiger partial charge in [0.1, 0.15) is 5.82 Å². The van der Waals surface area contributed by atoms with E-state index in [0.29, 0.717) is 13.1 Å². The van der Waals surface area contributed by atoms with Gasteiger partial charge in [-0.2, -0.15) is 0 Å². The van der Waals surface area contributed by atoms with Crippen LogP contribution in [-0.2, 0) is 0 Å². The van der Waals surface area contributed by atoms with Crippen LogP contribution in [0.3, 0.4) is 0 Å². The minimum Gasteiger partial charge on any atom is -0.353 e. The van der Waals surface area contributed by atoms with E-state index in [1.54, 1.807) is 0 Å². The van der Waals surface area contributed by atoms with Crippen LogP contribution in [0.15, 0.2) is 54.7 Å². The summed E-state index contributed by atoms with van der Waals surface area (Å²) in [5.41, 5.74) is 2.61. The first-order valence-electron chi connectivity index (χ1n) is 9.48. The van der Waals surface area contributed by atoms with Gasteiger partial charge in [0.15, 0.2) is 0 Å². The lowest BCUT2D eigenvalue weighted by molar-refractivity contribution is 0.0748. The molecule has 27 heavy (non-hydrogen) atoms. The van der Waals surface area contributed by atoms with Gasteiger partial charge in [-0.05, 0) is 30.2 Å². The van der Waals surface area contributed by atoms with Crippen molar-refractivity contribution >= 4 is 22.6 Å². The summed E-state index contributed by atoms with van der Waals surface area (Å²) in [5.74, 6) is 1.35. The van der Waals surface area contributed by atoms with Gasteiger partial charge < -0.3 is 9.80 Å². The highest BCUT2D eigenvalue weighted by Gasteiger charge is 2.24. The molecule has 1 aliphatic heterocycles. The SMILES string of the molecule is CC(C)c1cc(C(=O)N2CCN(c3ccccn3)CC2)c2ccccc2n1. The van der Waals surface area contributed by atoms with Crippen molar-refractivity contribution in [2.45, 2.75) is 19.8 Å². The maximum Gasteiger partial charge on any atom is 0.254 e. The van der Waals surface area contributed by atoms with Gasteiger partial charge in [0, 0.05) is 43.5 Å². The fraction of sp³-hybridized carbons (Fsp3) is 0.318. The van der Waals surface area contributed by atoms with Gasteiger partial charge in [0.2, 0.25) is 0 Å². The molecular weight excluding hydrogens is 336 g/mol. The Hall–Kier alpha value is -2.95. The number of carbonyl (C=O) groups excluding carboxylic acids is 1. The van der Waals surface area contributed by atoms with Crippen LogP contribution in [0, 0.1) is 0 Å². The summed E-state index contributed by atoms with van der Waals surface area (Å²) in [6.45, 7) is 7.20. The molecule has 1 saturated heterocycles. The summed E-state index contributed by atoms with van der Waals surface area (Å²) in [6.07, 6.45) is 1.81. The number of benzene rings is 1. The minimum absolute atomic E-state index is 0.0937. The maximum absolute atomic E-state index is 13.3. The Balaban J connectivity index is 1.58. The first-order chi connectivity index (χ1) is 13.1. The van der Waals surface area contributed by atoms with E-state index in [9.17, 15) is 4.79 Å². The molecule has 5 heteroatoms. The van der Waals surface area contributed by atoms with E-state index in [1.165, 1.54) is 0 Å². The number of amides is 1. The first kappa shape index (κ1) is 17.5. The summed E-state index contributed by atoms with van der Waals surface area (Å²) >= 11 is 0. The highest BCUT2D eigenvalue weighted by atomic mass is 16.2. The zero-order valence-corrected chi connectivity index (χ0v) is 15.8. The minimum atomic E-state index is 0.0937. The standard InChI is InChI=1S/C22H24N4O/c1-16(2)20-15-18(17-7-3-4-8-19(17)24-20)22(27)26-13-11-25(12-14-26)21-9-5-6-10-23-21/h3-10,15-16H,11-14H2,1-2H3. The normalized spacial score (nSPS) is 14.8. The number of pyridine rings is 2. The first-order valence-corrected chi connectivity index (χ1v) is 9.48. The molecule has 1 aromatic carbocycles. The Morgan fingerprint density at radius 3 is 2.44 bits per heavy atom. The third kappa shape index (κ3) is 3.50. The van der Waals surface area contributed by atoms with Gasteiger partial charge in [-0.3, -0.25) is 9.78 Å². The van der Waals surface area contributed by atoms with Crippen molar-refractivity contribution in [1.82, 2.24) is 14.9 Å². The predicted molar refractivity (Wildman–Crippen MR) is 108 cm³/mol. The molecule has 0 spiro atoms. The maximum atomic E-state index is 13.3. The fourth-order valence-electron chi connectivity index (χ4n) is 3.52. The van der Waals surface area contributed by atoms with Gasteiger partial charge in [-0.15, -0.1) is 0 Å². The van der Waals surface area contributed by atoms with Gasteiger partial charge in [0.25, 0.3) is 5.91 Å². The summed E-state index contributed by atoms with van der Waals surface area (Å²) in [6, 6.07) is 15.8. The van der Waals surface area contributed by atoms with Crippen LogP contribution in [0.4, 0.5) is 5.82 Å². The smallest absolute Gasteiger partial charge is 0.254 e. The summed E-state index contributed by atoms with van der Waals surface area (Å²) in [5, 5.41) is 0.930.